The monoisotopic (exact) mass is 641 g/mol. The van der Waals surface area contributed by atoms with E-state index in [0.717, 1.165) is 0 Å². The van der Waals surface area contributed by atoms with Gasteiger partial charge in [-0.3, -0.25) is 0 Å². The van der Waals surface area contributed by atoms with Crippen molar-refractivity contribution in [3.8, 4) is 0 Å². The molecule has 0 radical (unpaired) electrons. The fraction of sp³-hybridized carbons (Fsp3) is 0. The average Bonchev–Trinajstić information content (AvgIpc) is 3.05. The van der Waals surface area contributed by atoms with E-state index in [1.54, 1.807) is 0 Å². The first-order valence-corrected chi connectivity index (χ1v) is 17.0. The van der Waals surface area contributed by atoms with Crippen LogP contribution in [0.25, 0.3) is 0 Å². The van der Waals surface area contributed by atoms with Gasteiger partial charge in [0.25, 0.3) is 0 Å². The molecule has 6 rings (SSSR count). The fourth-order valence-corrected chi connectivity index (χ4v) is 8.97. The molecular weight excluding hydrogens is 610 g/mol. The van der Waals surface area contributed by atoms with Crippen LogP contribution in [0.2, 0.25) is 0 Å². The SMILES string of the molecule is Cl.O=S([O-])O.c1ccc(P(c2ccccc2)c2ccccc2)cc1.c1ccc(P(c2ccccc2)c2ccccc2)cc1. The quantitative estimate of drug-likeness (QED) is 0.164. The third-order valence-corrected chi connectivity index (χ3v) is 11.0. The second-order valence-electron chi connectivity index (χ2n) is 8.90. The van der Waals surface area contributed by atoms with Crippen LogP contribution in [0.1, 0.15) is 0 Å². The molecule has 0 fully saturated rings. The van der Waals surface area contributed by atoms with Gasteiger partial charge in [-0.25, -0.2) is 4.21 Å². The van der Waals surface area contributed by atoms with Crippen molar-refractivity contribution in [1.29, 1.82) is 0 Å². The summed E-state index contributed by atoms with van der Waals surface area (Å²) >= 11 is -2.86. The Balaban J connectivity index is 0.000000206. The highest BCUT2D eigenvalue weighted by Crippen LogP contribution is 2.33. The van der Waals surface area contributed by atoms with Gasteiger partial charge in [-0.1, -0.05) is 182 Å². The highest BCUT2D eigenvalue weighted by molar-refractivity contribution is 7.80. The molecule has 43 heavy (non-hydrogen) atoms. The van der Waals surface area contributed by atoms with Crippen LogP contribution in [0.4, 0.5) is 0 Å². The van der Waals surface area contributed by atoms with Gasteiger partial charge in [0.15, 0.2) is 0 Å². The van der Waals surface area contributed by atoms with E-state index in [-0.39, 0.29) is 12.4 Å². The Morgan fingerprint density at radius 3 is 0.605 bits per heavy atom. The minimum atomic E-state index is -2.86. The minimum Gasteiger partial charge on any atom is -0.750 e. The van der Waals surface area contributed by atoms with Gasteiger partial charge in [-0.2, -0.15) is 0 Å². The molecule has 0 heterocycles. The van der Waals surface area contributed by atoms with E-state index in [0.29, 0.717) is 0 Å². The Hall–Kier alpha value is -3.46. The maximum absolute atomic E-state index is 8.56. The number of rotatable bonds is 6. The molecule has 3 nitrogen and oxygen atoms in total. The summed E-state index contributed by atoms with van der Waals surface area (Å²) in [6.07, 6.45) is 0. The number of hydrogen-bond acceptors (Lipinski definition) is 2. The van der Waals surface area contributed by atoms with Crippen molar-refractivity contribution in [1.82, 2.24) is 0 Å². The normalized spacial score (nSPS) is 10.8. The molecule has 1 atom stereocenters. The summed E-state index contributed by atoms with van der Waals surface area (Å²) in [5.41, 5.74) is 0. The maximum atomic E-state index is 8.56. The molecule has 1 N–H and O–H groups in total. The molecule has 0 aliphatic carbocycles. The van der Waals surface area contributed by atoms with E-state index >= 15 is 0 Å². The summed E-state index contributed by atoms with van der Waals surface area (Å²) in [6, 6.07) is 64.7. The van der Waals surface area contributed by atoms with E-state index < -0.39 is 27.2 Å². The van der Waals surface area contributed by atoms with Crippen LogP contribution in [0.5, 0.6) is 0 Å². The molecule has 0 amide bonds. The van der Waals surface area contributed by atoms with Gasteiger partial charge in [-0.05, 0) is 47.7 Å². The lowest BCUT2D eigenvalue weighted by Gasteiger charge is -2.18. The zero-order valence-electron chi connectivity index (χ0n) is 23.3. The number of hydrogen-bond donors (Lipinski definition) is 1. The zero-order valence-corrected chi connectivity index (χ0v) is 26.7. The average molecular weight is 642 g/mol. The zero-order chi connectivity index (χ0) is 29.4. The van der Waals surface area contributed by atoms with Crippen molar-refractivity contribution in [3.63, 3.8) is 0 Å². The number of halogens is 1. The van der Waals surface area contributed by atoms with Crippen molar-refractivity contribution in [2.24, 2.45) is 0 Å². The van der Waals surface area contributed by atoms with Gasteiger partial charge in [0.1, 0.15) is 0 Å². The van der Waals surface area contributed by atoms with E-state index in [4.69, 9.17) is 13.3 Å². The van der Waals surface area contributed by atoms with Gasteiger partial charge < -0.3 is 9.11 Å². The Morgan fingerprint density at radius 2 is 0.488 bits per heavy atom. The third-order valence-electron chi connectivity index (χ3n) is 6.09. The standard InChI is InChI=1S/2C18H15P.ClH.H2O3S/c2*1-4-10-16(11-5-1)19(17-12-6-2-7-13-17)18-14-8-3-9-15-18;;1-4(2)3/h2*1-15H;1H;(H2,1,2,3)/p-1. The molecule has 7 heteroatoms. The molecule has 1 unspecified atom stereocenters. The lowest BCUT2D eigenvalue weighted by Crippen LogP contribution is -2.20. The molecule has 0 saturated carbocycles. The third kappa shape index (κ3) is 11.0. The minimum absolute atomic E-state index is 0. The second-order valence-corrected chi connectivity index (χ2v) is 13.8. The first-order chi connectivity index (χ1) is 20.6. The second kappa shape index (κ2) is 18.9. The van der Waals surface area contributed by atoms with E-state index in [2.05, 4.69) is 182 Å². The first-order valence-electron chi connectivity index (χ1n) is 13.3. The molecule has 0 spiro atoms. The Labute approximate surface area is 265 Å². The van der Waals surface area contributed by atoms with Gasteiger partial charge >= 0.3 is 0 Å². The smallest absolute Gasteiger partial charge is 0.0814 e. The van der Waals surface area contributed by atoms with Crippen LogP contribution >= 0.6 is 28.3 Å². The molecule has 0 saturated heterocycles. The van der Waals surface area contributed by atoms with Crippen molar-refractivity contribution in [3.05, 3.63) is 182 Å². The van der Waals surface area contributed by atoms with Crippen molar-refractivity contribution >= 4 is 71.4 Å². The molecule has 0 bridgehead atoms. The maximum Gasteiger partial charge on any atom is 0.0814 e. The largest absolute Gasteiger partial charge is 0.750 e. The molecule has 0 aliphatic heterocycles. The summed E-state index contributed by atoms with van der Waals surface area (Å²) in [7, 11) is -0.892. The predicted molar refractivity (Wildman–Crippen MR) is 189 cm³/mol. The summed E-state index contributed by atoms with van der Waals surface area (Å²) in [6.45, 7) is 0. The molecule has 0 aliphatic rings. The van der Waals surface area contributed by atoms with Crippen molar-refractivity contribution in [2.45, 2.75) is 0 Å². The Bertz CT molecular complexity index is 1290. The van der Waals surface area contributed by atoms with Gasteiger partial charge in [0.05, 0.1) is 11.4 Å². The van der Waals surface area contributed by atoms with Gasteiger partial charge in [-0.15, -0.1) is 12.4 Å². The molecule has 6 aromatic carbocycles. The van der Waals surface area contributed by atoms with Crippen LogP contribution in [0, 0.1) is 0 Å². The summed E-state index contributed by atoms with van der Waals surface area (Å²) in [5.74, 6) is 0. The van der Waals surface area contributed by atoms with Gasteiger partial charge in [0.2, 0.25) is 0 Å². The Kier molecular flexibility index (Phi) is 15.0. The predicted octanol–water partition coefficient (Wildman–Crippen LogP) is 6.65. The summed E-state index contributed by atoms with van der Waals surface area (Å²) in [4.78, 5) is 0. The van der Waals surface area contributed by atoms with Crippen LogP contribution in [-0.4, -0.2) is 13.3 Å². The first kappa shape index (κ1) is 34.0. The highest BCUT2D eigenvalue weighted by atomic mass is 35.5. The summed E-state index contributed by atoms with van der Waals surface area (Å²) < 4.78 is 24.1. The molecular formula is C36H32ClO3P2S-. The lowest BCUT2D eigenvalue weighted by molar-refractivity contribution is 0.436. The van der Waals surface area contributed by atoms with Gasteiger partial charge in [0, 0.05) is 0 Å². The van der Waals surface area contributed by atoms with Crippen LogP contribution in [-0.2, 0) is 11.4 Å². The Morgan fingerprint density at radius 1 is 0.372 bits per heavy atom. The van der Waals surface area contributed by atoms with Crippen LogP contribution in [0.15, 0.2) is 182 Å². The lowest BCUT2D eigenvalue weighted by atomic mass is 10.4. The highest BCUT2D eigenvalue weighted by Gasteiger charge is 2.16. The van der Waals surface area contributed by atoms with E-state index in [9.17, 15) is 0 Å². The van der Waals surface area contributed by atoms with Crippen molar-refractivity contribution in [2.75, 3.05) is 0 Å². The molecule has 0 aromatic heterocycles. The topological polar surface area (TPSA) is 60.4 Å². The fourth-order valence-electron chi connectivity index (χ4n) is 4.36. The number of benzene rings is 6. The van der Waals surface area contributed by atoms with Crippen LogP contribution in [0.3, 0.4) is 0 Å². The molecule has 218 valence electrons. The molecule has 6 aromatic rings. The van der Waals surface area contributed by atoms with E-state index in [1.165, 1.54) is 31.8 Å². The summed E-state index contributed by atoms with van der Waals surface area (Å²) in [5, 5.41) is 8.39. The van der Waals surface area contributed by atoms with Crippen molar-refractivity contribution < 1.29 is 13.3 Å². The van der Waals surface area contributed by atoms with Crippen LogP contribution < -0.4 is 31.8 Å². The van der Waals surface area contributed by atoms with E-state index in [1.807, 2.05) is 0 Å².